The zero-order chi connectivity index (χ0) is 15.7. The zero-order valence-electron chi connectivity index (χ0n) is 11.9. The van der Waals surface area contributed by atoms with Crippen molar-refractivity contribution in [1.82, 2.24) is 10.3 Å². The Labute approximate surface area is 121 Å². The van der Waals surface area contributed by atoms with E-state index in [4.69, 9.17) is 9.47 Å². The van der Waals surface area contributed by atoms with Gasteiger partial charge in [-0.25, -0.2) is 4.98 Å². The average Bonchev–Trinajstić information content (AvgIpc) is 2.49. The third kappa shape index (κ3) is 5.32. The number of pyridine rings is 1. The fourth-order valence-electron chi connectivity index (χ4n) is 1.50. The number of anilines is 1. The van der Waals surface area contributed by atoms with Crippen LogP contribution in [-0.2, 0) is 9.47 Å². The van der Waals surface area contributed by atoms with Crippen molar-refractivity contribution in [3.8, 4) is 0 Å². The van der Waals surface area contributed by atoms with Gasteiger partial charge >= 0.3 is 0 Å². The SMILES string of the molecule is CNc1ncc([N+](=O)[O-])cc1C(=O)NCCOCCOC. The maximum atomic E-state index is 12.0. The number of hydrogen-bond acceptors (Lipinski definition) is 7. The fourth-order valence-corrected chi connectivity index (χ4v) is 1.50. The van der Waals surface area contributed by atoms with Crippen LogP contribution >= 0.6 is 0 Å². The molecule has 116 valence electrons. The number of carbonyl (C=O) groups excluding carboxylic acids is 1. The first kappa shape index (κ1) is 16.8. The fraction of sp³-hybridized carbons (Fsp3) is 0.500. The minimum atomic E-state index is -0.600. The van der Waals surface area contributed by atoms with Crippen LogP contribution in [0, 0.1) is 10.1 Å². The maximum Gasteiger partial charge on any atom is 0.288 e. The van der Waals surface area contributed by atoms with Gasteiger partial charge in [0.25, 0.3) is 11.6 Å². The minimum Gasteiger partial charge on any atom is -0.382 e. The number of nitrogens with one attached hydrogen (secondary N) is 2. The third-order valence-corrected chi connectivity index (χ3v) is 2.53. The molecule has 0 bridgehead atoms. The van der Waals surface area contributed by atoms with E-state index in [0.717, 1.165) is 6.20 Å². The standard InChI is InChI=1S/C12H18N4O5/c1-13-11-10(7-9(8-15-11)16(18)19)12(17)14-3-4-21-6-5-20-2/h7-8H,3-6H2,1-2H3,(H,13,15)(H,14,17). The smallest absolute Gasteiger partial charge is 0.288 e. The molecule has 1 aromatic heterocycles. The Bertz CT molecular complexity index is 495. The first-order chi connectivity index (χ1) is 10.1. The second kappa shape index (κ2) is 8.82. The van der Waals surface area contributed by atoms with Crippen LogP contribution < -0.4 is 10.6 Å². The molecule has 21 heavy (non-hydrogen) atoms. The van der Waals surface area contributed by atoms with E-state index >= 15 is 0 Å². The lowest BCUT2D eigenvalue weighted by Crippen LogP contribution is -2.28. The van der Waals surface area contributed by atoms with Crippen molar-refractivity contribution in [2.75, 3.05) is 45.8 Å². The molecule has 0 aromatic carbocycles. The van der Waals surface area contributed by atoms with Crippen molar-refractivity contribution < 1.29 is 19.2 Å². The van der Waals surface area contributed by atoms with Gasteiger partial charge in [0.1, 0.15) is 12.0 Å². The van der Waals surface area contributed by atoms with Gasteiger partial charge in [-0.2, -0.15) is 0 Å². The van der Waals surface area contributed by atoms with Gasteiger partial charge in [0.2, 0.25) is 0 Å². The van der Waals surface area contributed by atoms with Gasteiger partial charge in [-0.15, -0.1) is 0 Å². The summed E-state index contributed by atoms with van der Waals surface area (Å²) in [6.07, 6.45) is 1.09. The van der Waals surface area contributed by atoms with Gasteiger partial charge < -0.3 is 20.1 Å². The molecule has 0 spiro atoms. The number of nitro groups is 1. The lowest BCUT2D eigenvalue weighted by molar-refractivity contribution is -0.385. The summed E-state index contributed by atoms with van der Waals surface area (Å²) in [6, 6.07) is 1.18. The monoisotopic (exact) mass is 298 g/mol. The molecule has 0 aliphatic heterocycles. The number of aromatic nitrogens is 1. The zero-order valence-corrected chi connectivity index (χ0v) is 11.9. The summed E-state index contributed by atoms with van der Waals surface area (Å²) in [7, 11) is 3.15. The maximum absolute atomic E-state index is 12.0. The topological polar surface area (TPSA) is 116 Å². The average molecular weight is 298 g/mol. The number of nitrogens with zero attached hydrogens (tertiary/aromatic N) is 2. The Morgan fingerprint density at radius 3 is 2.81 bits per heavy atom. The number of ether oxygens (including phenoxy) is 2. The molecular weight excluding hydrogens is 280 g/mol. The van der Waals surface area contributed by atoms with Crippen molar-refractivity contribution >= 4 is 17.4 Å². The largest absolute Gasteiger partial charge is 0.382 e. The summed E-state index contributed by atoms with van der Waals surface area (Å²) >= 11 is 0. The number of amides is 1. The molecule has 0 atom stereocenters. The number of hydrogen-bond donors (Lipinski definition) is 2. The van der Waals surface area contributed by atoms with Crippen LogP contribution in [0.15, 0.2) is 12.3 Å². The Hall–Kier alpha value is -2.26. The molecule has 2 N–H and O–H groups in total. The van der Waals surface area contributed by atoms with Crippen LogP contribution in [0.5, 0.6) is 0 Å². The third-order valence-electron chi connectivity index (χ3n) is 2.53. The van der Waals surface area contributed by atoms with Gasteiger partial charge in [-0.1, -0.05) is 0 Å². The highest BCUT2D eigenvalue weighted by Gasteiger charge is 2.17. The molecule has 0 radical (unpaired) electrons. The molecule has 1 amide bonds. The van der Waals surface area contributed by atoms with Gasteiger partial charge in [0.05, 0.1) is 30.3 Å². The summed E-state index contributed by atoms with van der Waals surface area (Å²) in [5.41, 5.74) is -0.126. The summed E-state index contributed by atoms with van der Waals surface area (Å²) in [5.74, 6) is -0.177. The predicted octanol–water partition coefficient (Wildman–Crippen LogP) is 0.424. The number of methoxy groups -OCH3 is 1. The Balaban J connectivity index is 2.59. The van der Waals surface area contributed by atoms with E-state index in [2.05, 4.69) is 15.6 Å². The molecule has 0 aliphatic rings. The summed E-state index contributed by atoms with van der Waals surface area (Å²) in [4.78, 5) is 26.0. The molecule has 0 aliphatic carbocycles. The highest BCUT2D eigenvalue weighted by atomic mass is 16.6. The van der Waals surface area contributed by atoms with E-state index in [1.807, 2.05) is 0 Å². The van der Waals surface area contributed by atoms with Gasteiger partial charge in [0.15, 0.2) is 0 Å². The first-order valence-corrected chi connectivity index (χ1v) is 6.27. The second-order valence-corrected chi connectivity index (χ2v) is 3.96. The van der Waals surface area contributed by atoms with E-state index in [9.17, 15) is 14.9 Å². The summed E-state index contributed by atoms with van der Waals surface area (Å²) < 4.78 is 10.0. The van der Waals surface area contributed by atoms with Crippen LogP contribution in [0.2, 0.25) is 0 Å². The molecule has 0 unspecified atom stereocenters. The molecule has 1 aromatic rings. The van der Waals surface area contributed by atoms with E-state index in [0.29, 0.717) is 19.8 Å². The quantitative estimate of drug-likeness (QED) is 0.385. The van der Waals surface area contributed by atoms with Gasteiger partial charge in [0, 0.05) is 26.8 Å². The molecule has 9 nitrogen and oxygen atoms in total. The van der Waals surface area contributed by atoms with Gasteiger partial charge in [-0.3, -0.25) is 14.9 Å². The lowest BCUT2D eigenvalue weighted by atomic mass is 10.2. The Morgan fingerprint density at radius 2 is 2.19 bits per heavy atom. The van der Waals surface area contributed by atoms with Crippen molar-refractivity contribution in [3.63, 3.8) is 0 Å². The predicted molar refractivity (Wildman–Crippen MR) is 75.5 cm³/mol. The molecule has 0 saturated carbocycles. The minimum absolute atomic E-state index is 0.114. The molecule has 0 saturated heterocycles. The van der Waals surface area contributed by atoms with Crippen molar-refractivity contribution in [3.05, 3.63) is 27.9 Å². The van der Waals surface area contributed by atoms with E-state index in [1.54, 1.807) is 14.2 Å². The molecule has 0 fully saturated rings. The van der Waals surface area contributed by atoms with Crippen molar-refractivity contribution in [1.29, 1.82) is 0 Å². The van der Waals surface area contributed by atoms with E-state index in [1.165, 1.54) is 6.07 Å². The first-order valence-electron chi connectivity index (χ1n) is 6.27. The number of carbonyl (C=O) groups is 1. The molecular formula is C12H18N4O5. The Morgan fingerprint density at radius 1 is 1.43 bits per heavy atom. The highest BCUT2D eigenvalue weighted by Crippen LogP contribution is 2.18. The van der Waals surface area contributed by atoms with Crippen LogP contribution in [0.25, 0.3) is 0 Å². The lowest BCUT2D eigenvalue weighted by Gasteiger charge is -2.09. The van der Waals surface area contributed by atoms with Crippen LogP contribution in [0.3, 0.4) is 0 Å². The summed E-state index contributed by atoms with van der Waals surface area (Å²) in [6.45, 7) is 1.53. The molecule has 9 heteroatoms. The molecule has 1 rings (SSSR count). The number of rotatable bonds is 9. The van der Waals surface area contributed by atoms with Crippen molar-refractivity contribution in [2.24, 2.45) is 0 Å². The van der Waals surface area contributed by atoms with Crippen LogP contribution in [0.4, 0.5) is 11.5 Å². The van der Waals surface area contributed by atoms with E-state index in [-0.39, 0.29) is 23.6 Å². The highest BCUT2D eigenvalue weighted by molar-refractivity contribution is 5.99. The van der Waals surface area contributed by atoms with Crippen LogP contribution in [0.1, 0.15) is 10.4 Å². The summed E-state index contributed by atoms with van der Waals surface area (Å²) in [5, 5.41) is 16.0. The van der Waals surface area contributed by atoms with E-state index < -0.39 is 10.8 Å². The van der Waals surface area contributed by atoms with Gasteiger partial charge in [-0.05, 0) is 0 Å². The normalized spacial score (nSPS) is 10.2. The second-order valence-electron chi connectivity index (χ2n) is 3.96. The van der Waals surface area contributed by atoms with Crippen LogP contribution in [-0.4, -0.2) is 56.3 Å². The Kier molecular flexibility index (Phi) is 7.05. The van der Waals surface area contributed by atoms with Crippen molar-refractivity contribution in [2.45, 2.75) is 0 Å². The molecule has 1 heterocycles.